The fraction of sp³-hybridized carbons (Fsp3) is 0.360. The molecule has 4 rings (SSSR count). The Morgan fingerprint density at radius 3 is 2.24 bits per heavy atom. The molecule has 0 amide bonds. The van der Waals surface area contributed by atoms with E-state index in [1.54, 1.807) is 0 Å². The molecule has 2 aromatic rings. The summed E-state index contributed by atoms with van der Waals surface area (Å²) < 4.78 is 32.3. The second-order valence-electron chi connectivity index (χ2n) is 8.42. The van der Waals surface area contributed by atoms with Gasteiger partial charge in [0.2, 0.25) is 17.8 Å². The molecule has 0 bridgehead atoms. The maximum absolute atomic E-state index is 13.3. The van der Waals surface area contributed by atoms with E-state index >= 15 is 0 Å². The number of rotatable bonds is 7. The van der Waals surface area contributed by atoms with Crippen molar-refractivity contribution in [3.63, 3.8) is 0 Å². The van der Waals surface area contributed by atoms with Crippen LogP contribution in [0.4, 0.5) is 0 Å². The van der Waals surface area contributed by atoms with Gasteiger partial charge in [0.15, 0.2) is 17.3 Å². The molecule has 0 aromatic heterocycles. The van der Waals surface area contributed by atoms with Crippen LogP contribution in [0.15, 0.2) is 30.0 Å². The highest BCUT2D eigenvalue weighted by Crippen LogP contribution is 2.44. The van der Waals surface area contributed by atoms with Crippen LogP contribution in [-0.2, 0) is 9.53 Å². The van der Waals surface area contributed by atoms with Gasteiger partial charge in [0.25, 0.3) is 0 Å². The third-order valence-electron chi connectivity index (χ3n) is 5.84. The zero-order chi connectivity index (χ0) is 27.7. The maximum Gasteiger partial charge on any atom is 0.308 e. The van der Waals surface area contributed by atoms with Gasteiger partial charge in [-0.3, -0.25) is 9.59 Å². The van der Waals surface area contributed by atoms with E-state index in [9.17, 15) is 35.1 Å². The molecule has 1 fully saturated rings. The molecule has 0 radical (unpaired) electrons. The number of esters is 1. The third kappa shape index (κ3) is 5.10. The summed E-state index contributed by atoms with van der Waals surface area (Å²) in [5.74, 6) is -1.70. The fourth-order valence-corrected chi connectivity index (χ4v) is 4.03. The molecule has 1 saturated heterocycles. The quantitative estimate of drug-likeness (QED) is 0.183. The third-order valence-corrected chi connectivity index (χ3v) is 5.84. The van der Waals surface area contributed by atoms with Gasteiger partial charge >= 0.3 is 5.97 Å². The second-order valence-corrected chi connectivity index (χ2v) is 8.42. The Hall–Kier alpha value is -3.88. The van der Waals surface area contributed by atoms with Crippen molar-refractivity contribution >= 4 is 17.8 Å². The number of Topliss-reactive ketones (excluding diaryl/α,β-unsaturated/α-hetero) is 1. The highest BCUT2D eigenvalue weighted by molar-refractivity contribution is 6.16. The zero-order valence-electron chi connectivity index (χ0n) is 20.5. The van der Waals surface area contributed by atoms with Crippen molar-refractivity contribution in [2.75, 3.05) is 20.8 Å². The van der Waals surface area contributed by atoms with Gasteiger partial charge in [0.1, 0.15) is 47.2 Å². The maximum atomic E-state index is 13.3. The van der Waals surface area contributed by atoms with Gasteiger partial charge in [0.05, 0.1) is 20.8 Å². The molecule has 5 N–H and O–H groups in total. The van der Waals surface area contributed by atoms with Gasteiger partial charge in [-0.15, -0.1) is 0 Å². The highest BCUT2D eigenvalue weighted by atomic mass is 16.7. The van der Waals surface area contributed by atoms with Crippen LogP contribution in [0, 0.1) is 0 Å². The van der Waals surface area contributed by atoms with Gasteiger partial charge < -0.3 is 54.0 Å². The SMILES string of the molecule is COc1cc(/C=C2\Oc3cc(O)cc(O[C@@H]4O[C@H](CO)[C@@H](O)[C@H](O)[C@H]4O)c3C2=O)cc(OC)c1OC(C)=O. The number of hydrogen-bond donors (Lipinski definition) is 5. The van der Waals surface area contributed by atoms with Crippen LogP contribution >= 0.6 is 0 Å². The summed E-state index contributed by atoms with van der Waals surface area (Å²) in [5, 5.41) is 49.9. The molecule has 5 atom stereocenters. The topological polar surface area (TPSA) is 191 Å². The smallest absolute Gasteiger partial charge is 0.308 e. The first-order valence-corrected chi connectivity index (χ1v) is 11.3. The van der Waals surface area contributed by atoms with E-state index < -0.39 is 49.1 Å². The second kappa shape index (κ2) is 10.8. The number of aromatic hydroxyl groups is 1. The molecular weight excluding hydrogens is 508 g/mol. The van der Waals surface area contributed by atoms with Crippen LogP contribution in [0.1, 0.15) is 22.8 Å². The van der Waals surface area contributed by atoms with E-state index in [1.807, 2.05) is 0 Å². The fourth-order valence-electron chi connectivity index (χ4n) is 4.03. The van der Waals surface area contributed by atoms with E-state index in [2.05, 4.69) is 0 Å². The van der Waals surface area contributed by atoms with E-state index in [0.29, 0.717) is 5.56 Å². The number of fused-ring (bicyclic) bond motifs is 1. The molecule has 2 aromatic carbocycles. The number of aliphatic hydroxyl groups is 4. The number of ketones is 1. The molecule has 0 unspecified atom stereocenters. The van der Waals surface area contributed by atoms with Gasteiger partial charge in [-0.2, -0.15) is 0 Å². The van der Waals surface area contributed by atoms with E-state index in [-0.39, 0.29) is 45.8 Å². The highest BCUT2D eigenvalue weighted by Gasteiger charge is 2.45. The Balaban J connectivity index is 1.67. The minimum atomic E-state index is -1.74. The first-order chi connectivity index (χ1) is 18.1. The summed E-state index contributed by atoms with van der Waals surface area (Å²) in [6, 6.07) is 5.23. The van der Waals surface area contributed by atoms with Crippen molar-refractivity contribution in [3.05, 3.63) is 41.2 Å². The number of phenolic OH excluding ortho intramolecular Hbond substituents is 1. The molecule has 2 aliphatic heterocycles. The lowest BCUT2D eigenvalue weighted by Gasteiger charge is -2.39. The summed E-state index contributed by atoms with van der Waals surface area (Å²) in [6.45, 7) is 0.539. The van der Waals surface area contributed by atoms with Gasteiger partial charge in [0, 0.05) is 19.1 Å². The van der Waals surface area contributed by atoms with E-state index in [0.717, 1.165) is 6.07 Å². The minimum absolute atomic E-state index is 0.0479. The van der Waals surface area contributed by atoms with Crippen molar-refractivity contribution < 1.29 is 63.5 Å². The van der Waals surface area contributed by atoms with Crippen LogP contribution in [0.25, 0.3) is 6.08 Å². The number of aliphatic hydroxyl groups excluding tert-OH is 4. The number of carbonyl (C=O) groups excluding carboxylic acids is 2. The van der Waals surface area contributed by atoms with Gasteiger partial charge in [-0.05, 0) is 23.8 Å². The first kappa shape index (κ1) is 27.2. The van der Waals surface area contributed by atoms with Crippen LogP contribution in [-0.4, -0.2) is 88.8 Å². The predicted octanol–water partition coefficient (Wildman–Crippen LogP) is 0.130. The number of ether oxygens (including phenoxy) is 6. The van der Waals surface area contributed by atoms with Crippen molar-refractivity contribution in [3.8, 4) is 34.5 Å². The zero-order valence-corrected chi connectivity index (χ0v) is 20.5. The number of allylic oxidation sites excluding steroid dienone is 1. The van der Waals surface area contributed by atoms with E-state index in [1.165, 1.54) is 45.4 Å². The lowest BCUT2D eigenvalue weighted by atomic mass is 9.99. The lowest BCUT2D eigenvalue weighted by molar-refractivity contribution is -0.277. The Kier molecular flexibility index (Phi) is 7.76. The summed E-state index contributed by atoms with van der Waals surface area (Å²) in [7, 11) is 2.72. The van der Waals surface area contributed by atoms with Crippen molar-refractivity contribution in [2.24, 2.45) is 0 Å². The number of carbonyl (C=O) groups is 2. The van der Waals surface area contributed by atoms with Gasteiger partial charge in [-0.25, -0.2) is 0 Å². The molecule has 0 saturated carbocycles. The summed E-state index contributed by atoms with van der Waals surface area (Å²) in [6.07, 6.45) is -6.54. The Bertz CT molecular complexity index is 1240. The molecule has 0 spiro atoms. The number of hydrogen-bond acceptors (Lipinski definition) is 13. The molecule has 13 heteroatoms. The monoisotopic (exact) mass is 534 g/mol. The molecule has 2 heterocycles. The van der Waals surface area contributed by atoms with Crippen molar-refractivity contribution in [2.45, 2.75) is 37.6 Å². The molecule has 204 valence electrons. The standard InChI is InChI=1S/C25H26O13/c1-10(27)35-24-16(33-2)5-11(6-17(24)34-3)4-15-20(29)19-13(36-15)7-12(28)8-14(19)37-25-23(32)22(31)21(30)18(9-26)38-25/h4-8,18,21-23,25-26,28,30-32H,9H2,1-3H3/b15-4-/t18-,21-,22+,23-,25-/m1/s1. The first-order valence-electron chi connectivity index (χ1n) is 11.3. The molecule has 38 heavy (non-hydrogen) atoms. The number of methoxy groups -OCH3 is 2. The Labute approximate surface area is 216 Å². The average molecular weight is 534 g/mol. The van der Waals surface area contributed by atoms with Crippen LogP contribution in [0.5, 0.6) is 34.5 Å². The van der Waals surface area contributed by atoms with Crippen molar-refractivity contribution in [1.29, 1.82) is 0 Å². The van der Waals surface area contributed by atoms with Crippen LogP contribution in [0.2, 0.25) is 0 Å². The van der Waals surface area contributed by atoms with E-state index in [4.69, 9.17) is 28.4 Å². The molecular formula is C25H26O13. The van der Waals surface area contributed by atoms with Crippen LogP contribution in [0.3, 0.4) is 0 Å². The normalized spacial score (nSPS) is 25.5. The summed E-state index contributed by atoms with van der Waals surface area (Å²) >= 11 is 0. The molecule has 13 nitrogen and oxygen atoms in total. The Morgan fingerprint density at radius 2 is 1.66 bits per heavy atom. The predicted molar refractivity (Wildman–Crippen MR) is 126 cm³/mol. The average Bonchev–Trinajstić information content (AvgIpc) is 3.18. The molecule has 2 aliphatic rings. The largest absolute Gasteiger partial charge is 0.508 e. The summed E-state index contributed by atoms with van der Waals surface area (Å²) in [4.78, 5) is 24.8. The van der Waals surface area contributed by atoms with Crippen LogP contribution < -0.4 is 23.7 Å². The summed E-state index contributed by atoms with van der Waals surface area (Å²) in [5.41, 5.74) is 0.271. The van der Waals surface area contributed by atoms with Crippen molar-refractivity contribution in [1.82, 2.24) is 0 Å². The number of benzene rings is 2. The lowest BCUT2D eigenvalue weighted by Crippen LogP contribution is -2.60. The molecule has 0 aliphatic carbocycles. The minimum Gasteiger partial charge on any atom is -0.508 e. The van der Waals surface area contributed by atoms with Gasteiger partial charge in [-0.1, -0.05) is 0 Å². The number of phenols is 1. The Morgan fingerprint density at radius 1 is 1.00 bits per heavy atom.